The van der Waals surface area contributed by atoms with E-state index in [1.54, 1.807) is 0 Å². The molecule has 130 valence electrons. The molecule has 1 aliphatic heterocycles. The maximum absolute atomic E-state index is 10.5. The molecular formula is C11H14N5O6PS. The van der Waals surface area contributed by atoms with Gasteiger partial charge in [0.15, 0.2) is 17.7 Å². The molecule has 2 aromatic heterocycles. The summed E-state index contributed by atoms with van der Waals surface area (Å²) in [7, 11) is 0. The van der Waals surface area contributed by atoms with Gasteiger partial charge >= 0.3 is 6.72 Å². The summed E-state index contributed by atoms with van der Waals surface area (Å²) in [5.74, 6) is -0.327. The van der Waals surface area contributed by atoms with Gasteiger partial charge in [-0.1, -0.05) is 6.58 Å². The Kier molecular flexibility index (Phi) is 4.30. The minimum Gasteiger partial charge on any atom is -0.510 e. The highest BCUT2D eigenvalue weighted by atomic mass is 32.5. The highest BCUT2D eigenvalue weighted by Gasteiger charge is 2.49. The van der Waals surface area contributed by atoms with Crippen molar-refractivity contribution >= 4 is 35.5 Å². The Morgan fingerprint density at radius 1 is 1.42 bits per heavy atom. The Labute approximate surface area is 140 Å². The van der Waals surface area contributed by atoms with E-state index >= 15 is 0 Å². The molecule has 24 heavy (non-hydrogen) atoms. The van der Waals surface area contributed by atoms with Crippen LogP contribution in [0.25, 0.3) is 11.2 Å². The van der Waals surface area contributed by atoms with Crippen LogP contribution in [0.1, 0.15) is 6.23 Å². The molecule has 0 unspecified atom stereocenters. The molecule has 0 aliphatic carbocycles. The first-order valence-corrected chi connectivity index (χ1v) is 9.20. The average Bonchev–Trinajstić information content (AvgIpc) is 3.01. The minimum absolute atomic E-state index is 0.142. The molecule has 1 aliphatic rings. The van der Waals surface area contributed by atoms with Gasteiger partial charge < -0.3 is 30.5 Å². The van der Waals surface area contributed by atoms with E-state index in [4.69, 9.17) is 15.0 Å². The third kappa shape index (κ3) is 3.00. The molecule has 0 aromatic carbocycles. The number of anilines is 1. The number of aliphatic hydroxyl groups is 2. The zero-order valence-electron chi connectivity index (χ0n) is 12.0. The molecule has 1 saturated heterocycles. The molecule has 1 fully saturated rings. The van der Waals surface area contributed by atoms with Gasteiger partial charge in [-0.3, -0.25) is 9.09 Å². The van der Waals surface area contributed by atoms with Crippen LogP contribution in [-0.2, 0) is 21.1 Å². The quantitative estimate of drug-likeness (QED) is 0.339. The molecule has 0 saturated carbocycles. The van der Waals surface area contributed by atoms with E-state index in [0.717, 1.165) is 0 Å². The second-order valence-electron chi connectivity index (χ2n) is 5.07. The number of aromatic nitrogens is 4. The minimum atomic E-state index is -4.12. The Morgan fingerprint density at radius 3 is 2.75 bits per heavy atom. The number of nitrogen functional groups attached to an aromatic ring is 1. The van der Waals surface area contributed by atoms with Crippen LogP contribution in [0.15, 0.2) is 25.0 Å². The predicted molar refractivity (Wildman–Crippen MR) is 85.0 cm³/mol. The molecule has 11 nitrogen and oxygen atoms in total. The summed E-state index contributed by atoms with van der Waals surface area (Å²) < 4.78 is 11.8. The summed E-state index contributed by atoms with van der Waals surface area (Å²) in [6, 6.07) is 0. The standard InChI is InChI=1S/C11H14N5O6PS/c1-4(17)7-8(22-23(19,20)24)6(18)11(21-7)16-3-15-5-9(12)13-2-14-10(5)16/h2-3,6-8,11,17-18H,1H2,(H2,12,13,14)(H2,19,20,24)/t6-,7-,8+,11-/m1/s1. The van der Waals surface area contributed by atoms with Crippen molar-refractivity contribution in [3.8, 4) is 0 Å². The number of hydrogen-bond acceptors (Lipinski definition) is 9. The average molecular weight is 375 g/mol. The van der Waals surface area contributed by atoms with Crippen LogP contribution < -0.4 is 5.73 Å². The summed E-state index contributed by atoms with van der Waals surface area (Å²) in [5.41, 5.74) is 6.28. The van der Waals surface area contributed by atoms with Gasteiger partial charge in [0.2, 0.25) is 0 Å². The molecule has 13 heteroatoms. The van der Waals surface area contributed by atoms with Crippen LogP contribution in [0.4, 0.5) is 5.82 Å². The number of nitrogens with two attached hydrogens (primary N) is 1. The fraction of sp³-hybridized carbons (Fsp3) is 0.364. The Bertz CT molecular complexity index is 839. The van der Waals surface area contributed by atoms with E-state index in [9.17, 15) is 20.0 Å². The first-order valence-electron chi connectivity index (χ1n) is 6.57. The first-order chi connectivity index (χ1) is 11.2. The van der Waals surface area contributed by atoms with E-state index in [1.165, 1.54) is 17.2 Å². The number of ether oxygens (including phenoxy) is 1. The van der Waals surface area contributed by atoms with Crippen LogP contribution in [0.5, 0.6) is 0 Å². The van der Waals surface area contributed by atoms with Crippen molar-refractivity contribution in [1.82, 2.24) is 19.5 Å². The molecule has 0 bridgehead atoms. The van der Waals surface area contributed by atoms with Gasteiger partial charge in [-0.25, -0.2) is 15.0 Å². The Balaban J connectivity index is 2.00. The zero-order valence-corrected chi connectivity index (χ0v) is 13.7. The van der Waals surface area contributed by atoms with Gasteiger partial charge in [0, 0.05) is 0 Å². The van der Waals surface area contributed by atoms with Crippen molar-refractivity contribution in [2.45, 2.75) is 24.5 Å². The van der Waals surface area contributed by atoms with Gasteiger partial charge in [0.1, 0.15) is 35.9 Å². The van der Waals surface area contributed by atoms with Crippen molar-refractivity contribution in [3.63, 3.8) is 0 Å². The number of imidazole rings is 1. The summed E-state index contributed by atoms with van der Waals surface area (Å²) in [6.07, 6.45) is -2.57. The van der Waals surface area contributed by atoms with Gasteiger partial charge in [-0.15, -0.1) is 0 Å². The number of aliphatic hydroxyl groups excluding tert-OH is 2. The molecule has 6 N–H and O–H groups in total. The lowest BCUT2D eigenvalue weighted by Gasteiger charge is -2.22. The smallest absolute Gasteiger partial charge is 0.322 e. The van der Waals surface area contributed by atoms with Crippen LogP contribution in [0.2, 0.25) is 0 Å². The van der Waals surface area contributed by atoms with Crippen molar-refractivity contribution in [1.29, 1.82) is 0 Å². The largest absolute Gasteiger partial charge is 0.510 e. The molecular weight excluding hydrogens is 361 g/mol. The summed E-state index contributed by atoms with van der Waals surface area (Å²) in [5, 5.41) is 20.1. The maximum Gasteiger partial charge on any atom is 0.322 e. The molecule has 3 heterocycles. The van der Waals surface area contributed by atoms with Gasteiger partial charge in [-0.2, -0.15) is 0 Å². The van der Waals surface area contributed by atoms with Crippen LogP contribution in [0, 0.1) is 0 Å². The van der Waals surface area contributed by atoms with Crippen LogP contribution in [0.3, 0.4) is 0 Å². The van der Waals surface area contributed by atoms with Crippen molar-refractivity contribution in [2.75, 3.05) is 5.73 Å². The van der Waals surface area contributed by atoms with E-state index in [2.05, 4.69) is 33.3 Å². The highest BCUT2D eigenvalue weighted by molar-refractivity contribution is 8.06. The van der Waals surface area contributed by atoms with Gasteiger partial charge in [-0.05, 0) is 11.8 Å². The van der Waals surface area contributed by atoms with Crippen molar-refractivity contribution in [3.05, 3.63) is 25.0 Å². The highest BCUT2D eigenvalue weighted by Crippen LogP contribution is 2.45. The van der Waals surface area contributed by atoms with Gasteiger partial charge in [0.05, 0.1) is 6.33 Å². The first kappa shape index (κ1) is 17.2. The lowest BCUT2D eigenvalue weighted by molar-refractivity contribution is -0.0338. The van der Waals surface area contributed by atoms with Crippen LogP contribution in [-0.4, -0.2) is 57.8 Å². The van der Waals surface area contributed by atoms with Crippen LogP contribution >= 0.6 is 6.72 Å². The molecule has 4 atom stereocenters. The lowest BCUT2D eigenvalue weighted by Crippen LogP contribution is -2.34. The van der Waals surface area contributed by atoms with E-state index < -0.39 is 37.0 Å². The summed E-state index contributed by atoms with van der Waals surface area (Å²) in [4.78, 5) is 30.6. The SMILES string of the molecule is C=C(O)[C@H]1O[C@@H](n2cnc3c(N)ncnc32)[C@H](O)[C@@H]1OP(O)(O)=S. The number of nitrogens with zero attached hydrogens (tertiary/aromatic N) is 4. The fourth-order valence-corrected chi connectivity index (χ4v) is 3.33. The third-order valence-corrected chi connectivity index (χ3v) is 4.24. The van der Waals surface area contributed by atoms with E-state index in [0.29, 0.717) is 5.52 Å². The number of rotatable bonds is 4. The van der Waals surface area contributed by atoms with Crippen molar-refractivity contribution in [2.24, 2.45) is 0 Å². The lowest BCUT2D eigenvalue weighted by atomic mass is 10.1. The monoisotopic (exact) mass is 375 g/mol. The summed E-state index contributed by atoms with van der Waals surface area (Å²) >= 11 is 4.41. The second-order valence-corrected chi connectivity index (χ2v) is 7.69. The maximum atomic E-state index is 10.5. The molecule has 3 rings (SSSR count). The predicted octanol–water partition coefficient (Wildman–Crippen LogP) is -0.667. The van der Waals surface area contributed by atoms with E-state index in [-0.39, 0.29) is 11.5 Å². The number of hydrogen-bond donors (Lipinski definition) is 5. The molecule has 0 amide bonds. The van der Waals surface area contributed by atoms with E-state index in [1.807, 2.05) is 0 Å². The Hall–Kier alpha value is -1.66. The molecule has 2 aromatic rings. The zero-order chi connectivity index (χ0) is 17.6. The van der Waals surface area contributed by atoms with Crippen molar-refractivity contribution < 1.29 is 29.3 Å². The Morgan fingerprint density at radius 2 is 2.12 bits per heavy atom. The van der Waals surface area contributed by atoms with Gasteiger partial charge in [0.25, 0.3) is 0 Å². The topological polar surface area (TPSA) is 169 Å². The third-order valence-electron chi connectivity index (χ3n) is 3.46. The fourth-order valence-electron chi connectivity index (χ4n) is 2.48. The number of fused-ring (bicyclic) bond motifs is 1. The second kappa shape index (κ2) is 6.01. The molecule has 0 radical (unpaired) electrons. The summed E-state index contributed by atoms with van der Waals surface area (Å²) in [6.45, 7) is -0.790. The molecule has 0 spiro atoms. The normalized spacial score (nSPS) is 27.6.